The van der Waals surface area contributed by atoms with E-state index in [2.05, 4.69) is 10.6 Å². The molecule has 2 fully saturated rings. The van der Waals surface area contributed by atoms with E-state index in [1.165, 1.54) is 23.9 Å². The average Bonchev–Trinajstić information content (AvgIpc) is 3.43. The highest BCUT2D eigenvalue weighted by molar-refractivity contribution is 8.00. The molecule has 0 radical (unpaired) electrons. The van der Waals surface area contributed by atoms with Crippen LogP contribution in [-0.4, -0.2) is 34.9 Å². The first-order chi connectivity index (χ1) is 13.9. The van der Waals surface area contributed by atoms with Crippen molar-refractivity contribution < 1.29 is 18.4 Å². The number of hydrogen-bond donors (Lipinski definition) is 2. The third-order valence-corrected chi connectivity index (χ3v) is 6.88. The maximum Gasteiger partial charge on any atom is 0.243 e. The van der Waals surface area contributed by atoms with Gasteiger partial charge in [0.25, 0.3) is 0 Å². The smallest absolute Gasteiger partial charge is 0.243 e. The molecule has 2 aromatic rings. The summed E-state index contributed by atoms with van der Waals surface area (Å²) in [6.07, 6.45) is 0.879. The lowest BCUT2D eigenvalue weighted by molar-refractivity contribution is -0.128. The van der Waals surface area contributed by atoms with Crippen LogP contribution in [0.3, 0.4) is 0 Å². The van der Waals surface area contributed by atoms with Gasteiger partial charge in [-0.3, -0.25) is 9.59 Å². The molecule has 1 aliphatic carbocycles. The van der Waals surface area contributed by atoms with Gasteiger partial charge in [0.05, 0.1) is 5.25 Å². The number of benzene rings is 2. The van der Waals surface area contributed by atoms with Crippen LogP contribution in [0.2, 0.25) is 5.02 Å². The van der Waals surface area contributed by atoms with E-state index in [1.54, 1.807) is 30.3 Å². The van der Waals surface area contributed by atoms with E-state index in [0.717, 1.165) is 0 Å². The van der Waals surface area contributed by atoms with E-state index in [4.69, 9.17) is 11.6 Å². The molecule has 1 aliphatic heterocycles. The van der Waals surface area contributed by atoms with Crippen molar-refractivity contribution in [2.75, 3.05) is 5.75 Å². The van der Waals surface area contributed by atoms with Gasteiger partial charge in [-0.25, -0.2) is 8.78 Å². The number of rotatable bonds is 5. The Morgan fingerprint density at radius 1 is 1.17 bits per heavy atom. The molecule has 4 atom stereocenters. The Balaban J connectivity index is 1.31. The van der Waals surface area contributed by atoms with Crippen LogP contribution >= 0.6 is 23.4 Å². The minimum atomic E-state index is -0.665. The monoisotopic (exact) mass is 436 g/mol. The fourth-order valence-electron chi connectivity index (χ4n) is 3.57. The summed E-state index contributed by atoms with van der Waals surface area (Å²) in [6.45, 7) is 0. The average molecular weight is 437 g/mol. The van der Waals surface area contributed by atoms with Crippen molar-refractivity contribution in [3.05, 3.63) is 70.2 Å². The van der Waals surface area contributed by atoms with Crippen molar-refractivity contribution in [3.8, 4) is 0 Å². The summed E-state index contributed by atoms with van der Waals surface area (Å²) in [7, 11) is 0. The predicted octanol–water partition coefficient (Wildman–Crippen LogP) is 3.43. The molecule has 0 aromatic heterocycles. The van der Waals surface area contributed by atoms with Gasteiger partial charge < -0.3 is 10.6 Å². The van der Waals surface area contributed by atoms with Crippen molar-refractivity contribution >= 4 is 35.2 Å². The highest BCUT2D eigenvalue weighted by Crippen LogP contribution is 2.45. The Hall–Kier alpha value is -2.12. The Kier molecular flexibility index (Phi) is 5.79. The molecule has 2 N–H and O–H groups in total. The van der Waals surface area contributed by atoms with E-state index >= 15 is 0 Å². The number of nitrogens with one attached hydrogen (secondary N) is 2. The number of hydrogen-bond acceptors (Lipinski definition) is 3. The summed E-state index contributed by atoms with van der Waals surface area (Å²) in [5.41, 5.74) is 0.900. The molecular weight excluding hydrogens is 418 g/mol. The first kappa shape index (κ1) is 20.2. The van der Waals surface area contributed by atoms with Gasteiger partial charge in [0.15, 0.2) is 0 Å². The second-order valence-electron chi connectivity index (χ2n) is 7.27. The third-order valence-electron chi connectivity index (χ3n) is 5.24. The van der Waals surface area contributed by atoms with E-state index < -0.39 is 11.3 Å². The Morgan fingerprint density at radius 2 is 1.93 bits per heavy atom. The third kappa shape index (κ3) is 4.41. The molecule has 0 bridgehead atoms. The highest BCUT2D eigenvalue weighted by Gasteiger charge is 2.44. The van der Waals surface area contributed by atoms with E-state index in [9.17, 15) is 18.4 Å². The molecule has 2 aliphatic rings. The first-order valence-electron chi connectivity index (χ1n) is 9.33. The molecular formula is C21H19ClF2N2O2S. The quantitative estimate of drug-likeness (QED) is 0.755. The van der Waals surface area contributed by atoms with Crippen LogP contribution in [-0.2, 0) is 16.0 Å². The zero-order valence-corrected chi connectivity index (χ0v) is 16.9. The Bertz CT molecular complexity index is 938. The van der Waals surface area contributed by atoms with Gasteiger partial charge in [-0.15, -0.1) is 11.8 Å². The summed E-state index contributed by atoms with van der Waals surface area (Å²) < 4.78 is 27.8. The van der Waals surface area contributed by atoms with Crippen LogP contribution in [0, 0.1) is 11.6 Å². The topological polar surface area (TPSA) is 58.2 Å². The molecule has 8 heteroatoms. The maximum absolute atomic E-state index is 14.0. The minimum Gasteiger partial charge on any atom is -0.351 e. The fourth-order valence-corrected chi connectivity index (χ4v) is 5.05. The summed E-state index contributed by atoms with van der Waals surface area (Å²) in [6, 6.07) is 10.0. The molecule has 152 valence electrons. The number of carbonyl (C=O) groups is 2. The molecule has 1 saturated heterocycles. The van der Waals surface area contributed by atoms with Crippen molar-refractivity contribution in [3.63, 3.8) is 0 Å². The van der Waals surface area contributed by atoms with Crippen LogP contribution in [0.1, 0.15) is 23.5 Å². The zero-order valence-electron chi connectivity index (χ0n) is 15.3. The Morgan fingerprint density at radius 3 is 2.66 bits per heavy atom. The summed E-state index contributed by atoms with van der Waals surface area (Å²) in [4.78, 5) is 24.9. The molecule has 2 aromatic carbocycles. The molecule has 0 unspecified atom stereocenters. The van der Waals surface area contributed by atoms with Crippen molar-refractivity contribution in [1.29, 1.82) is 0 Å². The Labute approximate surface area is 176 Å². The number of amides is 2. The molecule has 2 amide bonds. The van der Waals surface area contributed by atoms with Crippen LogP contribution in [0.15, 0.2) is 42.5 Å². The van der Waals surface area contributed by atoms with Gasteiger partial charge in [-0.05, 0) is 36.6 Å². The fraction of sp³-hybridized carbons (Fsp3) is 0.333. The highest BCUT2D eigenvalue weighted by atomic mass is 35.5. The lowest BCUT2D eigenvalue weighted by Gasteiger charge is -2.28. The SMILES string of the molecule is O=C1N[C@@H](C(=O)N[C@@H]2C[C@@H]2c2c(F)cccc2Cl)CS[C@H]1Cc1ccccc1F. The first-order valence-corrected chi connectivity index (χ1v) is 10.8. The molecule has 0 spiro atoms. The predicted molar refractivity (Wildman–Crippen MR) is 109 cm³/mol. The van der Waals surface area contributed by atoms with Crippen molar-refractivity contribution in [2.45, 2.75) is 36.1 Å². The van der Waals surface area contributed by atoms with Gasteiger partial charge in [0.1, 0.15) is 17.7 Å². The number of halogens is 3. The van der Waals surface area contributed by atoms with Gasteiger partial charge in [-0.2, -0.15) is 0 Å². The van der Waals surface area contributed by atoms with E-state index in [-0.39, 0.29) is 41.8 Å². The molecule has 4 rings (SSSR count). The summed E-state index contributed by atoms with van der Waals surface area (Å²) in [5, 5.41) is 5.50. The van der Waals surface area contributed by atoms with Crippen LogP contribution in [0.25, 0.3) is 0 Å². The summed E-state index contributed by atoms with van der Waals surface area (Å²) >= 11 is 7.43. The summed E-state index contributed by atoms with van der Waals surface area (Å²) in [5.74, 6) is -1.06. The normalized spacial score (nSPS) is 26.0. The van der Waals surface area contributed by atoms with Crippen molar-refractivity contribution in [1.82, 2.24) is 10.6 Å². The van der Waals surface area contributed by atoms with Gasteiger partial charge >= 0.3 is 0 Å². The molecule has 1 heterocycles. The van der Waals surface area contributed by atoms with Gasteiger partial charge in [0, 0.05) is 28.3 Å². The largest absolute Gasteiger partial charge is 0.351 e. The second-order valence-corrected chi connectivity index (χ2v) is 8.91. The lowest BCUT2D eigenvalue weighted by atomic mass is 10.1. The van der Waals surface area contributed by atoms with Gasteiger partial charge in [0.2, 0.25) is 11.8 Å². The van der Waals surface area contributed by atoms with E-state index in [1.807, 2.05) is 0 Å². The molecule has 1 saturated carbocycles. The van der Waals surface area contributed by atoms with Gasteiger partial charge in [-0.1, -0.05) is 35.9 Å². The zero-order chi connectivity index (χ0) is 20.5. The second kappa shape index (κ2) is 8.32. The van der Waals surface area contributed by atoms with Crippen LogP contribution in [0.4, 0.5) is 8.78 Å². The minimum absolute atomic E-state index is 0.159. The molecule has 29 heavy (non-hydrogen) atoms. The number of thioether (sulfide) groups is 1. The van der Waals surface area contributed by atoms with Crippen LogP contribution in [0.5, 0.6) is 0 Å². The van der Waals surface area contributed by atoms with Crippen LogP contribution < -0.4 is 10.6 Å². The van der Waals surface area contributed by atoms with E-state index in [0.29, 0.717) is 28.3 Å². The molecule has 4 nitrogen and oxygen atoms in total. The maximum atomic E-state index is 14.0. The lowest BCUT2D eigenvalue weighted by Crippen LogP contribution is -2.55. The number of carbonyl (C=O) groups excluding carboxylic acids is 2. The van der Waals surface area contributed by atoms with Crippen molar-refractivity contribution in [2.24, 2.45) is 0 Å². The standard InChI is InChI=1S/C21H19ClF2N2O2S/c22-13-5-3-7-15(24)19(13)12-9-16(12)25-20(27)17-10-29-18(21(28)26-17)8-11-4-1-2-6-14(11)23/h1-7,12,16-18H,8-10H2,(H,25,27)(H,26,28)/t12-,16+,17+,18-/m0/s1.